The molecule has 0 saturated carbocycles. The topological polar surface area (TPSA) is 22.8 Å². The number of hydrogen-bond acceptors (Lipinski definition) is 1. The van der Waals surface area contributed by atoms with E-state index < -0.39 is 0 Å². The number of benzene rings is 1. The monoisotopic (exact) mass is 351 g/mol. The van der Waals surface area contributed by atoms with Gasteiger partial charge in [0.25, 0.3) is 0 Å². The summed E-state index contributed by atoms with van der Waals surface area (Å²) in [4.78, 5) is 0. The molecule has 0 bridgehead atoms. The van der Waals surface area contributed by atoms with E-state index in [1.54, 1.807) is 0 Å². The predicted molar refractivity (Wildman–Crippen MR) is 86.4 cm³/mol. The van der Waals surface area contributed by atoms with Crippen LogP contribution >= 0.6 is 27.5 Å². The standard InChI is InChI=1S/C15H15BrClN3/c1-3-20-13(14(16)10(2)18-20)9-19-8-7-11-5-4-6-12(17)15(11)19/h4-8H,3,9H2,1-2H3. The summed E-state index contributed by atoms with van der Waals surface area (Å²) in [6.07, 6.45) is 2.07. The zero-order valence-corrected chi connectivity index (χ0v) is 13.7. The molecular weight excluding hydrogens is 338 g/mol. The van der Waals surface area contributed by atoms with E-state index in [9.17, 15) is 0 Å². The normalized spacial score (nSPS) is 11.4. The Kier molecular flexibility index (Phi) is 3.61. The van der Waals surface area contributed by atoms with Crippen molar-refractivity contribution < 1.29 is 0 Å². The Labute approximate surface area is 131 Å². The van der Waals surface area contributed by atoms with Crippen LogP contribution in [0.1, 0.15) is 18.3 Å². The van der Waals surface area contributed by atoms with Crippen LogP contribution in [-0.2, 0) is 13.1 Å². The highest BCUT2D eigenvalue weighted by Crippen LogP contribution is 2.27. The largest absolute Gasteiger partial charge is 0.340 e. The molecule has 2 aromatic heterocycles. The molecule has 0 atom stereocenters. The van der Waals surface area contributed by atoms with Crippen molar-refractivity contribution in [2.45, 2.75) is 26.9 Å². The Morgan fingerprint density at radius 3 is 2.85 bits per heavy atom. The molecule has 0 N–H and O–H groups in total. The Hall–Kier alpha value is -1.26. The highest BCUT2D eigenvalue weighted by Gasteiger charge is 2.14. The molecule has 104 valence electrons. The molecule has 0 radical (unpaired) electrons. The summed E-state index contributed by atoms with van der Waals surface area (Å²) in [5, 5.41) is 6.48. The third-order valence-electron chi connectivity index (χ3n) is 3.51. The minimum atomic E-state index is 0.752. The SMILES string of the molecule is CCn1nc(C)c(Br)c1Cn1ccc2cccc(Cl)c21. The number of halogens is 2. The second kappa shape index (κ2) is 5.26. The third kappa shape index (κ3) is 2.17. The van der Waals surface area contributed by atoms with Gasteiger partial charge in [-0.25, -0.2) is 0 Å². The first kappa shape index (κ1) is 13.7. The van der Waals surface area contributed by atoms with Crippen molar-refractivity contribution in [3.05, 3.63) is 51.3 Å². The van der Waals surface area contributed by atoms with E-state index in [1.807, 2.05) is 23.7 Å². The first-order valence-corrected chi connectivity index (χ1v) is 7.74. The summed E-state index contributed by atoms with van der Waals surface area (Å²) >= 11 is 9.97. The quantitative estimate of drug-likeness (QED) is 0.674. The van der Waals surface area contributed by atoms with Crippen molar-refractivity contribution in [1.82, 2.24) is 14.3 Å². The maximum atomic E-state index is 6.33. The molecule has 0 aliphatic heterocycles. The van der Waals surface area contributed by atoms with Gasteiger partial charge in [-0.15, -0.1) is 0 Å². The summed E-state index contributed by atoms with van der Waals surface area (Å²) in [7, 11) is 0. The molecule has 1 aromatic carbocycles. The van der Waals surface area contributed by atoms with Gasteiger partial charge >= 0.3 is 0 Å². The van der Waals surface area contributed by atoms with Crippen LogP contribution in [0.15, 0.2) is 34.9 Å². The van der Waals surface area contributed by atoms with Gasteiger partial charge in [-0.3, -0.25) is 4.68 Å². The summed E-state index contributed by atoms with van der Waals surface area (Å²) in [6.45, 7) is 5.72. The molecule has 20 heavy (non-hydrogen) atoms. The number of nitrogens with zero attached hydrogens (tertiary/aromatic N) is 3. The highest BCUT2D eigenvalue weighted by molar-refractivity contribution is 9.10. The summed E-state index contributed by atoms with van der Waals surface area (Å²) < 4.78 is 5.28. The van der Waals surface area contributed by atoms with E-state index in [-0.39, 0.29) is 0 Å². The van der Waals surface area contributed by atoms with Crippen molar-refractivity contribution in [3.63, 3.8) is 0 Å². The number of hydrogen-bond donors (Lipinski definition) is 0. The van der Waals surface area contributed by atoms with Crippen LogP contribution in [0.2, 0.25) is 5.02 Å². The lowest BCUT2D eigenvalue weighted by molar-refractivity contribution is 0.601. The molecule has 0 aliphatic rings. The smallest absolute Gasteiger partial charge is 0.0739 e. The fraction of sp³-hybridized carbons (Fsp3) is 0.267. The molecule has 3 nitrogen and oxygen atoms in total. The van der Waals surface area contributed by atoms with Crippen molar-refractivity contribution in [1.29, 1.82) is 0 Å². The number of rotatable bonds is 3. The van der Waals surface area contributed by atoms with Crippen LogP contribution in [0.4, 0.5) is 0 Å². The van der Waals surface area contributed by atoms with Gasteiger partial charge in [-0.05, 0) is 41.9 Å². The Morgan fingerprint density at radius 2 is 2.10 bits per heavy atom. The molecule has 3 rings (SSSR count). The fourth-order valence-corrected chi connectivity index (χ4v) is 3.23. The Bertz CT molecular complexity index is 773. The second-order valence-electron chi connectivity index (χ2n) is 4.78. The van der Waals surface area contributed by atoms with Gasteiger partial charge in [0.05, 0.1) is 32.9 Å². The highest BCUT2D eigenvalue weighted by atomic mass is 79.9. The lowest BCUT2D eigenvalue weighted by Crippen LogP contribution is -2.07. The second-order valence-corrected chi connectivity index (χ2v) is 5.98. The molecule has 0 fully saturated rings. The lowest BCUT2D eigenvalue weighted by Gasteiger charge is -2.09. The van der Waals surface area contributed by atoms with Crippen molar-refractivity contribution >= 4 is 38.4 Å². The zero-order valence-electron chi connectivity index (χ0n) is 11.4. The van der Waals surface area contributed by atoms with E-state index in [0.717, 1.165) is 39.2 Å². The molecule has 0 saturated heterocycles. The van der Waals surface area contributed by atoms with Crippen LogP contribution < -0.4 is 0 Å². The summed E-state index contributed by atoms with van der Waals surface area (Å²) in [6, 6.07) is 8.08. The summed E-state index contributed by atoms with van der Waals surface area (Å²) in [5.41, 5.74) is 3.26. The van der Waals surface area contributed by atoms with Crippen LogP contribution in [-0.4, -0.2) is 14.3 Å². The van der Waals surface area contributed by atoms with Crippen LogP contribution in [0.3, 0.4) is 0 Å². The number of fused-ring (bicyclic) bond motifs is 1. The van der Waals surface area contributed by atoms with E-state index in [2.05, 4.69) is 50.8 Å². The molecule has 0 amide bonds. The average molecular weight is 353 g/mol. The van der Waals surface area contributed by atoms with Crippen molar-refractivity contribution in [3.8, 4) is 0 Å². The van der Waals surface area contributed by atoms with Gasteiger partial charge in [-0.2, -0.15) is 5.10 Å². The minimum absolute atomic E-state index is 0.752. The molecule has 5 heteroatoms. The summed E-state index contributed by atoms with van der Waals surface area (Å²) in [5.74, 6) is 0. The Morgan fingerprint density at radius 1 is 1.30 bits per heavy atom. The van der Waals surface area contributed by atoms with Crippen molar-refractivity contribution in [2.75, 3.05) is 0 Å². The molecule has 0 aliphatic carbocycles. The van der Waals surface area contributed by atoms with E-state index in [1.165, 1.54) is 5.69 Å². The molecule has 0 spiro atoms. The Balaban J connectivity index is 2.10. The van der Waals surface area contributed by atoms with E-state index in [0.29, 0.717) is 0 Å². The predicted octanol–water partition coefficient (Wildman–Crippen LogP) is 4.63. The first-order chi connectivity index (χ1) is 9.61. The lowest BCUT2D eigenvalue weighted by atomic mass is 10.2. The zero-order chi connectivity index (χ0) is 14.3. The molecule has 3 aromatic rings. The third-order valence-corrected chi connectivity index (χ3v) is 4.85. The molecule has 0 unspecified atom stereocenters. The van der Waals surface area contributed by atoms with Crippen LogP contribution in [0, 0.1) is 6.92 Å². The van der Waals surface area contributed by atoms with E-state index in [4.69, 9.17) is 11.6 Å². The maximum Gasteiger partial charge on any atom is 0.0739 e. The minimum Gasteiger partial charge on any atom is -0.340 e. The fourth-order valence-electron chi connectivity index (χ4n) is 2.53. The average Bonchev–Trinajstić information content (AvgIpc) is 2.96. The molecular formula is C15H15BrClN3. The van der Waals surface area contributed by atoms with E-state index >= 15 is 0 Å². The van der Waals surface area contributed by atoms with Gasteiger partial charge in [0.15, 0.2) is 0 Å². The van der Waals surface area contributed by atoms with Crippen molar-refractivity contribution in [2.24, 2.45) is 0 Å². The van der Waals surface area contributed by atoms with Gasteiger partial charge in [0.2, 0.25) is 0 Å². The van der Waals surface area contributed by atoms with Gasteiger partial charge < -0.3 is 4.57 Å². The number of para-hydroxylation sites is 1. The molecule has 2 heterocycles. The van der Waals surface area contributed by atoms with Crippen LogP contribution in [0.5, 0.6) is 0 Å². The van der Waals surface area contributed by atoms with Crippen LogP contribution in [0.25, 0.3) is 10.9 Å². The van der Waals surface area contributed by atoms with Gasteiger partial charge in [0, 0.05) is 18.1 Å². The number of aryl methyl sites for hydroxylation is 2. The number of aromatic nitrogens is 3. The van der Waals surface area contributed by atoms with Gasteiger partial charge in [0.1, 0.15) is 0 Å². The first-order valence-electron chi connectivity index (χ1n) is 6.57. The maximum absolute atomic E-state index is 6.33. The van der Waals surface area contributed by atoms with Gasteiger partial charge in [-0.1, -0.05) is 23.7 Å².